The molecule has 1 saturated heterocycles. The molecular formula is C14H17BrClNO4S. The number of aryl methyl sites for hydroxylation is 1. The normalized spacial score (nSPS) is 20.0. The van der Waals surface area contributed by atoms with Crippen molar-refractivity contribution in [3.05, 3.63) is 29.8 Å². The summed E-state index contributed by atoms with van der Waals surface area (Å²) in [4.78, 5) is 11.8. The molecule has 0 aliphatic carbocycles. The Bertz CT molecular complexity index is 635. The number of carbonyl (C=O) groups excluding carboxylic acids is 1. The lowest BCUT2D eigenvalue weighted by molar-refractivity contribution is 0.170. The molecule has 2 atom stereocenters. The monoisotopic (exact) mass is 409 g/mol. The Labute approximate surface area is 143 Å². The first-order chi connectivity index (χ1) is 10.4. The summed E-state index contributed by atoms with van der Waals surface area (Å²) in [6, 6.07) is 5.82. The average Bonchev–Trinajstić information content (AvgIpc) is 2.88. The lowest BCUT2D eigenvalue weighted by atomic mass is 10.1. The molecule has 0 spiro atoms. The summed E-state index contributed by atoms with van der Waals surface area (Å²) in [6.07, 6.45) is 0.548. The van der Waals surface area contributed by atoms with Gasteiger partial charge in [0.15, 0.2) is 0 Å². The van der Waals surface area contributed by atoms with Crippen LogP contribution in [0.3, 0.4) is 0 Å². The summed E-state index contributed by atoms with van der Waals surface area (Å²) in [5.41, 5.74) is 0.944. The van der Waals surface area contributed by atoms with E-state index in [4.69, 9.17) is 16.3 Å². The number of alkyl halides is 2. The third-order valence-corrected chi connectivity index (χ3v) is 6.61. The predicted molar refractivity (Wildman–Crippen MR) is 88.0 cm³/mol. The van der Waals surface area contributed by atoms with Crippen LogP contribution in [0.15, 0.2) is 29.2 Å². The molecule has 1 aromatic carbocycles. The van der Waals surface area contributed by atoms with E-state index < -0.39 is 22.2 Å². The zero-order valence-corrected chi connectivity index (χ0v) is 15.2. The van der Waals surface area contributed by atoms with Gasteiger partial charge in [0.25, 0.3) is 10.0 Å². The highest BCUT2D eigenvalue weighted by Gasteiger charge is 2.45. The topological polar surface area (TPSA) is 63.7 Å². The molecule has 0 bridgehead atoms. The molecule has 5 nitrogen and oxygen atoms in total. The Kier molecular flexibility index (Phi) is 5.74. The van der Waals surface area contributed by atoms with E-state index in [0.29, 0.717) is 12.3 Å². The van der Waals surface area contributed by atoms with Gasteiger partial charge in [-0.25, -0.2) is 13.2 Å². The summed E-state index contributed by atoms with van der Waals surface area (Å²) in [6.45, 7) is 1.91. The molecule has 122 valence electrons. The molecule has 0 saturated carbocycles. The Morgan fingerprint density at radius 2 is 2.05 bits per heavy atom. The van der Waals surface area contributed by atoms with Crippen molar-refractivity contribution >= 4 is 43.6 Å². The summed E-state index contributed by atoms with van der Waals surface area (Å²) in [7, 11) is -3.93. The maximum Gasteiger partial charge on any atom is 0.424 e. The van der Waals surface area contributed by atoms with Gasteiger partial charge in [-0.15, -0.1) is 11.6 Å². The predicted octanol–water partition coefficient (Wildman–Crippen LogP) is 3.29. The van der Waals surface area contributed by atoms with Crippen LogP contribution in [-0.4, -0.2) is 42.2 Å². The first-order valence-electron chi connectivity index (χ1n) is 6.86. The van der Waals surface area contributed by atoms with E-state index >= 15 is 0 Å². The molecule has 0 radical (unpaired) electrons. The first kappa shape index (κ1) is 17.6. The molecule has 22 heavy (non-hydrogen) atoms. The van der Waals surface area contributed by atoms with Gasteiger partial charge in [0, 0.05) is 10.7 Å². The first-order valence-corrected chi connectivity index (χ1v) is 9.75. The Morgan fingerprint density at radius 3 is 2.64 bits per heavy atom. The van der Waals surface area contributed by atoms with Crippen molar-refractivity contribution in [2.45, 2.75) is 35.5 Å². The fourth-order valence-corrected chi connectivity index (χ4v) is 4.78. The summed E-state index contributed by atoms with van der Waals surface area (Å²) < 4.78 is 31.2. The summed E-state index contributed by atoms with van der Waals surface area (Å²) in [5.74, 6) is 0.480. The molecule has 8 heteroatoms. The number of carbonyl (C=O) groups is 1. The SMILES string of the molecule is Cc1ccc(S(=O)(=O)N2C(=O)OC[C@@H]2[C@H](Br)CCCCl)cc1. The van der Waals surface area contributed by atoms with Crippen LogP contribution in [0.25, 0.3) is 0 Å². The number of amides is 1. The van der Waals surface area contributed by atoms with Gasteiger partial charge < -0.3 is 4.74 Å². The van der Waals surface area contributed by atoms with Crippen molar-refractivity contribution in [1.82, 2.24) is 4.31 Å². The van der Waals surface area contributed by atoms with E-state index in [9.17, 15) is 13.2 Å². The van der Waals surface area contributed by atoms with Crippen LogP contribution < -0.4 is 0 Å². The van der Waals surface area contributed by atoms with Gasteiger partial charge in [-0.2, -0.15) is 4.31 Å². The van der Waals surface area contributed by atoms with E-state index in [1.807, 2.05) is 6.92 Å². The molecule has 0 aromatic heterocycles. The second-order valence-corrected chi connectivity index (χ2v) is 8.47. The zero-order valence-electron chi connectivity index (χ0n) is 12.0. The third-order valence-electron chi connectivity index (χ3n) is 3.47. The minimum atomic E-state index is -3.93. The van der Waals surface area contributed by atoms with E-state index in [1.165, 1.54) is 12.1 Å². The highest BCUT2D eigenvalue weighted by atomic mass is 79.9. The van der Waals surface area contributed by atoms with Crippen molar-refractivity contribution < 1.29 is 17.9 Å². The second-order valence-electron chi connectivity index (χ2n) is 5.11. The third kappa shape index (κ3) is 3.58. The molecule has 1 amide bonds. The zero-order chi connectivity index (χ0) is 16.3. The van der Waals surface area contributed by atoms with Crippen LogP contribution in [0.1, 0.15) is 18.4 Å². The van der Waals surface area contributed by atoms with Crippen molar-refractivity contribution in [3.8, 4) is 0 Å². The smallest absolute Gasteiger partial charge is 0.424 e. The number of hydrogen-bond acceptors (Lipinski definition) is 4. The lowest BCUT2D eigenvalue weighted by Gasteiger charge is -2.24. The molecule has 1 heterocycles. The van der Waals surface area contributed by atoms with Gasteiger partial charge >= 0.3 is 6.09 Å². The van der Waals surface area contributed by atoms with Crippen LogP contribution in [0.5, 0.6) is 0 Å². The highest BCUT2D eigenvalue weighted by molar-refractivity contribution is 9.09. The minimum absolute atomic E-state index is 0.0438. The maximum atomic E-state index is 12.7. The highest BCUT2D eigenvalue weighted by Crippen LogP contribution is 2.30. The van der Waals surface area contributed by atoms with Crippen LogP contribution >= 0.6 is 27.5 Å². The van der Waals surface area contributed by atoms with E-state index in [0.717, 1.165) is 16.3 Å². The Hall–Kier alpha value is -0.790. The molecule has 1 aliphatic heterocycles. The van der Waals surface area contributed by atoms with Gasteiger partial charge in [-0.3, -0.25) is 0 Å². The van der Waals surface area contributed by atoms with Crippen LogP contribution in [-0.2, 0) is 14.8 Å². The molecule has 0 N–H and O–H groups in total. The van der Waals surface area contributed by atoms with Crippen molar-refractivity contribution in [2.24, 2.45) is 0 Å². The number of nitrogens with zero attached hydrogens (tertiary/aromatic N) is 1. The number of halogens is 2. The van der Waals surface area contributed by atoms with E-state index in [-0.39, 0.29) is 16.3 Å². The quantitative estimate of drug-likeness (QED) is 0.675. The average molecular weight is 411 g/mol. The van der Waals surface area contributed by atoms with Crippen molar-refractivity contribution in [3.63, 3.8) is 0 Å². The van der Waals surface area contributed by atoms with E-state index in [2.05, 4.69) is 15.9 Å². The number of ether oxygens (including phenoxy) is 1. The molecular weight excluding hydrogens is 394 g/mol. The fourth-order valence-electron chi connectivity index (χ4n) is 2.24. The van der Waals surface area contributed by atoms with Crippen LogP contribution in [0.4, 0.5) is 4.79 Å². The van der Waals surface area contributed by atoms with Gasteiger partial charge in [-0.1, -0.05) is 33.6 Å². The number of cyclic esters (lactones) is 1. The number of hydrogen-bond donors (Lipinski definition) is 0. The fraction of sp³-hybridized carbons (Fsp3) is 0.500. The molecule has 2 rings (SSSR count). The van der Waals surface area contributed by atoms with Gasteiger partial charge in [0.05, 0.1) is 10.9 Å². The molecule has 1 aliphatic rings. The number of rotatable bonds is 6. The second kappa shape index (κ2) is 7.19. The standard InChI is InChI=1S/C14H17BrClNO4S/c1-10-4-6-11(7-5-10)22(19,20)17-13(9-21-14(17)18)12(15)3-2-8-16/h4-7,12-13H,2-3,8-9H2,1H3/t12-,13-/m1/s1. The lowest BCUT2D eigenvalue weighted by Crippen LogP contribution is -2.43. The van der Waals surface area contributed by atoms with E-state index in [1.54, 1.807) is 12.1 Å². The van der Waals surface area contributed by atoms with Crippen molar-refractivity contribution in [2.75, 3.05) is 12.5 Å². The van der Waals surface area contributed by atoms with Crippen LogP contribution in [0.2, 0.25) is 0 Å². The Balaban J connectivity index is 2.30. The summed E-state index contributed by atoms with van der Waals surface area (Å²) >= 11 is 9.12. The van der Waals surface area contributed by atoms with Gasteiger partial charge in [0.2, 0.25) is 0 Å². The number of sulfonamides is 1. The van der Waals surface area contributed by atoms with Gasteiger partial charge in [-0.05, 0) is 31.9 Å². The maximum absolute atomic E-state index is 12.7. The minimum Gasteiger partial charge on any atom is -0.446 e. The Morgan fingerprint density at radius 1 is 1.41 bits per heavy atom. The number of benzene rings is 1. The van der Waals surface area contributed by atoms with Crippen molar-refractivity contribution in [1.29, 1.82) is 0 Å². The molecule has 1 aromatic rings. The summed E-state index contributed by atoms with van der Waals surface area (Å²) in [5, 5.41) is 0. The van der Waals surface area contributed by atoms with Gasteiger partial charge in [0.1, 0.15) is 6.61 Å². The largest absolute Gasteiger partial charge is 0.446 e. The molecule has 1 fully saturated rings. The van der Waals surface area contributed by atoms with Crippen LogP contribution in [0, 0.1) is 6.92 Å². The molecule has 0 unspecified atom stereocenters.